The Labute approximate surface area is 57.2 Å². The molecule has 0 unspecified atom stereocenters. The Morgan fingerprint density at radius 1 is 1.75 bits per heavy atom. The predicted molar refractivity (Wildman–Crippen MR) is 31.8 cm³/mol. The van der Waals surface area contributed by atoms with Crippen LogP contribution in [0.5, 0.6) is 0 Å². The second-order valence-electron chi connectivity index (χ2n) is 0.982. The molecule has 0 aliphatic heterocycles. The highest BCUT2D eigenvalue weighted by Gasteiger charge is 1.81. The topological polar surface area (TPSA) is 26.3 Å². The second kappa shape index (κ2) is 5.09. The monoisotopic (exact) mass is 154 g/mol. The number of hydrogen-bond donors (Lipinski definition) is 0. The molecule has 0 aliphatic rings. The largest absolute Gasteiger partial charge is 0.276 e. The highest BCUT2D eigenvalue weighted by atomic mass is 35.5. The van der Waals surface area contributed by atoms with Gasteiger partial charge in [0.1, 0.15) is 0 Å². The van der Waals surface area contributed by atoms with Crippen molar-refractivity contribution in [2.45, 2.75) is 0 Å². The fourth-order valence-corrected chi connectivity index (χ4v) is 0.339. The lowest BCUT2D eigenvalue weighted by molar-refractivity contribution is -0.107. The lowest BCUT2D eigenvalue weighted by Crippen LogP contribution is -1.79. The number of halogens is 2. The summed E-state index contributed by atoms with van der Waals surface area (Å²) in [7, 11) is 0. The van der Waals surface area contributed by atoms with Crippen LogP contribution in [0.4, 0.5) is 0 Å². The van der Waals surface area contributed by atoms with E-state index in [1.807, 2.05) is 0 Å². The molecule has 0 heterocycles. The van der Waals surface area contributed by atoms with Crippen molar-refractivity contribution in [3.8, 4) is 0 Å². The molecule has 0 aliphatic carbocycles. The van der Waals surface area contributed by atoms with Crippen LogP contribution >= 0.6 is 23.5 Å². The first-order valence-electron chi connectivity index (χ1n) is 1.87. The summed E-state index contributed by atoms with van der Waals surface area (Å²) in [4.78, 5) is 9.90. The Balaban J connectivity index is 3.20. The molecule has 0 saturated carbocycles. The zero-order valence-electron chi connectivity index (χ0n) is 3.93. The minimum absolute atomic E-state index is 0.194. The summed E-state index contributed by atoms with van der Waals surface area (Å²) in [6.45, 7) is 0.194. The van der Waals surface area contributed by atoms with E-state index in [1.54, 1.807) is 0 Å². The zero-order valence-corrected chi connectivity index (χ0v) is 5.45. The van der Waals surface area contributed by atoms with Crippen LogP contribution in [0.15, 0.2) is 12.2 Å². The van der Waals surface area contributed by atoms with Crippen LogP contribution in [0.25, 0.3) is 0 Å². The van der Waals surface area contributed by atoms with Crippen molar-refractivity contribution in [3.63, 3.8) is 0 Å². The van der Waals surface area contributed by atoms with Crippen LogP contribution in [-0.2, 0) is 9.08 Å². The van der Waals surface area contributed by atoms with E-state index in [0.717, 1.165) is 0 Å². The Morgan fingerprint density at radius 3 is 2.75 bits per heavy atom. The van der Waals surface area contributed by atoms with E-state index in [0.29, 0.717) is 0 Å². The molecule has 0 N–H and O–H groups in total. The van der Waals surface area contributed by atoms with Gasteiger partial charge in [-0.3, -0.25) is 9.08 Å². The first kappa shape index (κ1) is 7.95. The molecular weight excluding hydrogens is 151 g/mol. The van der Waals surface area contributed by atoms with Gasteiger partial charge in [-0.2, -0.15) is 0 Å². The summed E-state index contributed by atoms with van der Waals surface area (Å²) in [6.07, 6.45) is 2.59. The lowest BCUT2D eigenvalue weighted by Gasteiger charge is -1.79. The third kappa shape index (κ3) is 5.95. The average Bonchev–Trinajstić information content (AvgIpc) is 1.66. The van der Waals surface area contributed by atoms with E-state index in [1.165, 1.54) is 12.2 Å². The smallest absolute Gasteiger partial charge is 0.244 e. The molecule has 2 nitrogen and oxygen atoms in total. The van der Waals surface area contributed by atoms with Gasteiger partial charge in [-0.05, 0) is 17.7 Å². The number of allylic oxidation sites excluding steroid dienone is 1. The fraction of sp³-hybridized carbons (Fsp3) is 0.250. The Morgan fingerprint density at radius 2 is 2.38 bits per heavy atom. The molecule has 0 aromatic heterocycles. The summed E-state index contributed by atoms with van der Waals surface area (Å²) >= 11 is 9.67. The van der Waals surface area contributed by atoms with Crippen LogP contribution in [0.3, 0.4) is 0 Å². The molecule has 0 saturated heterocycles. The number of carbonyl (C=O) groups excluding carboxylic acids is 1. The first-order valence-corrected chi connectivity index (χ1v) is 2.55. The van der Waals surface area contributed by atoms with E-state index < -0.39 is 5.24 Å². The maximum Gasteiger partial charge on any atom is 0.244 e. The Bertz CT molecular complexity index is 100. The van der Waals surface area contributed by atoms with Gasteiger partial charge in [-0.1, -0.05) is 6.08 Å². The third-order valence-corrected chi connectivity index (χ3v) is 0.660. The molecule has 0 rings (SSSR count). The quantitative estimate of drug-likeness (QED) is 0.455. The molecule has 8 heavy (non-hydrogen) atoms. The van der Waals surface area contributed by atoms with Gasteiger partial charge >= 0.3 is 0 Å². The minimum atomic E-state index is -0.529. The molecule has 0 aromatic rings. The lowest BCUT2D eigenvalue weighted by atomic mass is 10.5. The van der Waals surface area contributed by atoms with E-state index in [2.05, 4.69) is 4.29 Å². The normalized spacial score (nSPS) is 10.2. The van der Waals surface area contributed by atoms with Crippen molar-refractivity contribution in [1.82, 2.24) is 0 Å². The SMILES string of the molecule is O=C(Cl)/C=C/COCl. The van der Waals surface area contributed by atoms with Crippen LogP contribution in [0.1, 0.15) is 0 Å². The van der Waals surface area contributed by atoms with E-state index >= 15 is 0 Å². The van der Waals surface area contributed by atoms with Crippen molar-refractivity contribution >= 4 is 28.7 Å². The van der Waals surface area contributed by atoms with Gasteiger partial charge in [-0.25, -0.2) is 0 Å². The molecule has 0 fully saturated rings. The van der Waals surface area contributed by atoms with Gasteiger partial charge < -0.3 is 0 Å². The predicted octanol–water partition coefficient (Wildman–Crippen LogP) is 1.48. The van der Waals surface area contributed by atoms with Crippen LogP contribution in [0, 0.1) is 0 Å². The van der Waals surface area contributed by atoms with E-state index in [4.69, 9.17) is 23.5 Å². The van der Waals surface area contributed by atoms with Crippen molar-refractivity contribution in [2.24, 2.45) is 0 Å². The van der Waals surface area contributed by atoms with Gasteiger partial charge in [0.2, 0.25) is 5.24 Å². The van der Waals surface area contributed by atoms with Gasteiger partial charge in [-0.15, -0.1) is 0 Å². The summed E-state index contributed by atoms with van der Waals surface area (Å²) in [5, 5.41) is -0.529. The summed E-state index contributed by atoms with van der Waals surface area (Å²) in [6, 6.07) is 0. The fourth-order valence-electron chi connectivity index (χ4n) is 0.177. The van der Waals surface area contributed by atoms with Gasteiger partial charge in [0.05, 0.1) is 18.5 Å². The molecule has 46 valence electrons. The van der Waals surface area contributed by atoms with Gasteiger partial charge in [0.15, 0.2) is 0 Å². The number of hydrogen-bond acceptors (Lipinski definition) is 2. The maximum absolute atomic E-state index is 9.90. The van der Waals surface area contributed by atoms with Crippen molar-refractivity contribution in [1.29, 1.82) is 0 Å². The number of rotatable bonds is 3. The molecule has 4 heteroatoms. The molecule has 0 atom stereocenters. The van der Waals surface area contributed by atoms with Crippen molar-refractivity contribution in [3.05, 3.63) is 12.2 Å². The van der Waals surface area contributed by atoms with Crippen LogP contribution < -0.4 is 0 Å². The second-order valence-corrected chi connectivity index (χ2v) is 1.57. The summed E-state index contributed by atoms with van der Waals surface area (Å²) < 4.78 is 4.07. The molecule has 0 aromatic carbocycles. The first-order chi connectivity index (χ1) is 3.77. The molecule has 0 radical (unpaired) electrons. The van der Waals surface area contributed by atoms with Crippen molar-refractivity contribution in [2.75, 3.05) is 6.61 Å². The summed E-state index contributed by atoms with van der Waals surface area (Å²) in [5.41, 5.74) is 0. The molecule has 0 bridgehead atoms. The highest BCUT2D eigenvalue weighted by Crippen LogP contribution is 1.84. The van der Waals surface area contributed by atoms with E-state index in [9.17, 15) is 4.79 Å². The molecular formula is C4H4Cl2O2. The van der Waals surface area contributed by atoms with Crippen LogP contribution in [0.2, 0.25) is 0 Å². The minimum Gasteiger partial charge on any atom is -0.276 e. The maximum atomic E-state index is 9.90. The average molecular weight is 155 g/mol. The van der Waals surface area contributed by atoms with Crippen LogP contribution in [-0.4, -0.2) is 11.8 Å². The van der Waals surface area contributed by atoms with E-state index in [-0.39, 0.29) is 6.61 Å². The van der Waals surface area contributed by atoms with Gasteiger partial charge in [0, 0.05) is 0 Å². The number of carbonyl (C=O) groups is 1. The standard InChI is InChI=1S/C4H4Cl2O2/c5-4(7)2-1-3-8-6/h1-2H,3H2/b2-1+. The summed E-state index contributed by atoms with van der Waals surface area (Å²) in [5.74, 6) is 0. The highest BCUT2D eigenvalue weighted by molar-refractivity contribution is 6.66. The Kier molecular flexibility index (Phi) is 5.06. The zero-order chi connectivity index (χ0) is 6.41. The van der Waals surface area contributed by atoms with Gasteiger partial charge in [0.25, 0.3) is 0 Å². The molecule has 0 amide bonds. The Hall–Kier alpha value is -0.0500. The molecule has 0 spiro atoms. The third-order valence-electron chi connectivity index (χ3n) is 0.408. The van der Waals surface area contributed by atoms with Crippen molar-refractivity contribution < 1.29 is 9.08 Å².